The van der Waals surface area contributed by atoms with Crippen LogP contribution in [0.3, 0.4) is 0 Å². The second-order valence-electron chi connectivity index (χ2n) is 6.09. The highest BCUT2D eigenvalue weighted by Gasteiger charge is 2.23. The van der Waals surface area contributed by atoms with E-state index < -0.39 is 0 Å². The summed E-state index contributed by atoms with van der Waals surface area (Å²) in [6.45, 7) is 2.84. The summed E-state index contributed by atoms with van der Waals surface area (Å²) >= 11 is 0. The molecule has 0 aromatic heterocycles. The van der Waals surface area contributed by atoms with Gasteiger partial charge in [-0.3, -0.25) is 4.79 Å². The van der Waals surface area contributed by atoms with Crippen LogP contribution in [-0.4, -0.2) is 32.2 Å². The number of rotatable bonds is 3. The van der Waals surface area contributed by atoms with Crippen molar-refractivity contribution in [3.8, 4) is 0 Å². The van der Waals surface area contributed by atoms with Gasteiger partial charge in [0.1, 0.15) is 5.82 Å². The molecule has 1 aromatic carbocycles. The first kappa shape index (κ1) is 15.3. The summed E-state index contributed by atoms with van der Waals surface area (Å²) < 4.78 is 19.0. The van der Waals surface area contributed by atoms with Crippen molar-refractivity contribution in [2.45, 2.75) is 32.1 Å². The van der Waals surface area contributed by atoms with Crippen molar-refractivity contribution in [3.63, 3.8) is 0 Å². The Bertz CT molecular complexity index is 523. The molecule has 0 spiro atoms. The minimum atomic E-state index is -0.323. The van der Waals surface area contributed by atoms with Crippen LogP contribution in [-0.2, 0) is 9.53 Å². The molecule has 1 amide bonds. The van der Waals surface area contributed by atoms with Crippen LogP contribution in [0.25, 0.3) is 0 Å². The predicted molar refractivity (Wildman–Crippen MR) is 84.6 cm³/mol. The number of nitrogens with zero attached hydrogens (tertiary/aromatic N) is 1. The first-order chi connectivity index (χ1) is 10.7. The number of benzene rings is 1. The number of morpholine rings is 1. The molecule has 4 nitrogen and oxygen atoms in total. The number of amides is 1. The molecule has 0 atom stereocenters. The Kier molecular flexibility index (Phi) is 4.93. The smallest absolute Gasteiger partial charge is 0.227 e. The van der Waals surface area contributed by atoms with Gasteiger partial charge < -0.3 is 15.0 Å². The first-order valence-corrected chi connectivity index (χ1v) is 8.17. The van der Waals surface area contributed by atoms with E-state index in [4.69, 9.17) is 4.74 Å². The number of anilines is 2. The number of carbonyl (C=O) groups excluding carboxylic acids is 1. The molecule has 120 valence electrons. The van der Waals surface area contributed by atoms with E-state index in [0.717, 1.165) is 44.5 Å². The molecule has 1 aliphatic heterocycles. The lowest BCUT2D eigenvalue weighted by molar-refractivity contribution is -0.120. The molecule has 0 unspecified atom stereocenters. The molecule has 0 bridgehead atoms. The standard InChI is InChI=1S/C17H23FN2O2/c18-14-6-7-16(20-8-10-22-11-9-20)15(12-14)19-17(21)13-4-2-1-3-5-13/h6-7,12-13H,1-5,8-11H2,(H,19,21). The third-order valence-corrected chi connectivity index (χ3v) is 4.54. The highest BCUT2D eigenvalue weighted by Crippen LogP contribution is 2.30. The van der Waals surface area contributed by atoms with Gasteiger partial charge in [-0.2, -0.15) is 0 Å². The second kappa shape index (κ2) is 7.09. The fourth-order valence-corrected chi connectivity index (χ4v) is 3.29. The summed E-state index contributed by atoms with van der Waals surface area (Å²) in [5.41, 5.74) is 1.46. The van der Waals surface area contributed by atoms with Crippen LogP contribution in [0.5, 0.6) is 0 Å². The zero-order chi connectivity index (χ0) is 15.4. The Morgan fingerprint density at radius 2 is 1.91 bits per heavy atom. The largest absolute Gasteiger partial charge is 0.378 e. The number of hydrogen-bond donors (Lipinski definition) is 1. The Morgan fingerprint density at radius 3 is 2.64 bits per heavy atom. The van der Waals surface area contributed by atoms with Gasteiger partial charge in [-0.15, -0.1) is 0 Å². The van der Waals surface area contributed by atoms with Crippen molar-refractivity contribution < 1.29 is 13.9 Å². The Labute approximate surface area is 130 Å². The van der Waals surface area contributed by atoms with Crippen molar-refractivity contribution in [1.82, 2.24) is 0 Å². The highest BCUT2D eigenvalue weighted by molar-refractivity contribution is 5.95. The van der Waals surface area contributed by atoms with Gasteiger partial charge in [0.25, 0.3) is 0 Å². The van der Waals surface area contributed by atoms with Gasteiger partial charge in [0.05, 0.1) is 24.6 Å². The van der Waals surface area contributed by atoms with E-state index in [9.17, 15) is 9.18 Å². The van der Waals surface area contributed by atoms with Gasteiger partial charge in [0.2, 0.25) is 5.91 Å². The average Bonchev–Trinajstić information content (AvgIpc) is 2.56. The predicted octanol–water partition coefficient (Wildman–Crippen LogP) is 3.18. The van der Waals surface area contributed by atoms with Crippen LogP contribution >= 0.6 is 0 Å². The minimum absolute atomic E-state index is 0.0276. The lowest BCUT2D eigenvalue weighted by atomic mass is 9.88. The van der Waals surface area contributed by atoms with Gasteiger partial charge >= 0.3 is 0 Å². The molecule has 3 rings (SSSR count). The molecule has 2 fully saturated rings. The maximum atomic E-state index is 13.6. The van der Waals surface area contributed by atoms with Gasteiger partial charge in [-0.05, 0) is 31.0 Å². The highest BCUT2D eigenvalue weighted by atomic mass is 19.1. The van der Waals surface area contributed by atoms with Crippen LogP contribution in [0, 0.1) is 11.7 Å². The first-order valence-electron chi connectivity index (χ1n) is 8.17. The molecule has 0 radical (unpaired) electrons. The van der Waals surface area contributed by atoms with Gasteiger partial charge in [-0.25, -0.2) is 4.39 Å². The van der Waals surface area contributed by atoms with E-state index in [1.54, 1.807) is 6.07 Å². The van der Waals surface area contributed by atoms with E-state index in [1.807, 2.05) is 0 Å². The van der Waals surface area contributed by atoms with Crippen LogP contribution < -0.4 is 10.2 Å². The lowest BCUT2D eigenvalue weighted by Gasteiger charge is -2.31. The van der Waals surface area contributed by atoms with Crippen molar-refractivity contribution in [1.29, 1.82) is 0 Å². The quantitative estimate of drug-likeness (QED) is 0.932. The van der Waals surface area contributed by atoms with Gasteiger partial charge in [0, 0.05) is 19.0 Å². The maximum absolute atomic E-state index is 13.6. The summed E-state index contributed by atoms with van der Waals surface area (Å²) in [4.78, 5) is 14.6. The number of carbonyl (C=O) groups is 1. The van der Waals surface area contributed by atoms with Gasteiger partial charge in [-0.1, -0.05) is 19.3 Å². The summed E-state index contributed by atoms with van der Waals surface area (Å²) in [6, 6.07) is 4.61. The average molecular weight is 306 g/mol. The maximum Gasteiger partial charge on any atom is 0.227 e. The zero-order valence-electron chi connectivity index (χ0n) is 12.8. The second-order valence-corrected chi connectivity index (χ2v) is 6.09. The Hall–Kier alpha value is -1.62. The molecule has 5 heteroatoms. The molecule has 1 aliphatic carbocycles. The van der Waals surface area contributed by atoms with Crippen LogP contribution in [0.1, 0.15) is 32.1 Å². The molecule has 1 aromatic rings. The monoisotopic (exact) mass is 306 g/mol. The third-order valence-electron chi connectivity index (χ3n) is 4.54. The van der Waals surface area contributed by atoms with Crippen LogP contribution in [0.15, 0.2) is 18.2 Å². The molecular formula is C17H23FN2O2. The number of nitrogens with one attached hydrogen (secondary N) is 1. The number of halogens is 1. The zero-order valence-corrected chi connectivity index (χ0v) is 12.8. The molecule has 22 heavy (non-hydrogen) atoms. The van der Waals surface area contributed by atoms with Crippen molar-refractivity contribution in [3.05, 3.63) is 24.0 Å². The fourth-order valence-electron chi connectivity index (χ4n) is 3.29. The van der Waals surface area contributed by atoms with Gasteiger partial charge in [0.15, 0.2) is 0 Å². The topological polar surface area (TPSA) is 41.6 Å². The molecule has 1 N–H and O–H groups in total. The van der Waals surface area contributed by atoms with E-state index in [-0.39, 0.29) is 17.6 Å². The Balaban J connectivity index is 1.76. The van der Waals surface area contributed by atoms with E-state index >= 15 is 0 Å². The molecule has 1 saturated carbocycles. The minimum Gasteiger partial charge on any atom is -0.378 e. The number of ether oxygens (including phenoxy) is 1. The van der Waals surface area contributed by atoms with Crippen LogP contribution in [0.2, 0.25) is 0 Å². The molecular weight excluding hydrogens is 283 g/mol. The molecule has 1 heterocycles. The van der Waals surface area contributed by atoms with Crippen LogP contribution in [0.4, 0.5) is 15.8 Å². The summed E-state index contributed by atoms with van der Waals surface area (Å²) in [5, 5.41) is 2.96. The van der Waals surface area contributed by atoms with Crippen molar-refractivity contribution in [2.75, 3.05) is 36.5 Å². The Morgan fingerprint density at radius 1 is 1.18 bits per heavy atom. The summed E-state index contributed by atoms with van der Waals surface area (Å²) in [6.07, 6.45) is 5.31. The molecule has 2 aliphatic rings. The lowest BCUT2D eigenvalue weighted by Crippen LogP contribution is -2.37. The fraction of sp³-hybridized carbons (Fsp3) is 0.588. The summed E-state index contributed by atoms with van der Waals surface area (Å²) in [7, 11) is 0. The van der Waals surface area contributed by atoms with Crippen molar-refractivity contribution >= 4 is 17.3 Å². The van der Waals surface area contributed by atoms with E-state index in [1.165, 1.54) is 18.6 Å². The number of hydrogen-bond acceptors (Lipinski definition) is 3. The van der Waals surface area contributed by atoms with E-state index in [2.05, 4.69) is 10.2 Å². The summed E-state index contributed by atoms with van der Waals surface area (Å²) in [5.74, 6) is -0.231. The molecule has 1 saturated heterocycles. The van der Waals surface area contributed by atoms with Crippen molar-refractivity contribution in [2.24, 2.45) is 5.92 Å². The van der Waals surface area contributed by atoms with E-state index in [0.29, 0.717) is 18.9 Å². The normalized spacial score (nSPS) is 20.0. The SMILES string of the molecule is O=C(Nc1cc(F)ccc1N1CCOCC1)C1CCCCC1. The third kappa shape index (κ3) is 3.58.